The van der Waals surface area contributed by atoms with E-state index in [1.54, 1.807) is 6.33 Å². The SMILES string of the molecule is CNCC1CCCCN1c1cc(OC(C)C)ncn1. The molecule has 1 N–H and O–H groups in total. The molecule has 1 fully saturated rings. The monoisotopic (exact) mass is 264 g/mol. The molecule has 1 unspecified atom stereocenters. The molecule has 2 rings (SSSR count). The average molecular weight is 264 g/mol. The minimum absolute atomic E-state index is 0.136. The van der Waals surface area contributed by atoms with Crippen LogP contribution in [0.5, 0.6) is 5.88 Å². The van der Waals surface area contributed by atoms with Gasteiger partial charge in [-0.2, -0.15) is 0 Å². The zero-order chi connectivity index (χ0) is 13.7. The molecule has 2 heterocycles. The summed E-state index contributed by atoms with van der Waals surface area (Å²) in [5.74, 6) is 1.64. The molecule has 1 atom stereocenters. The second-order valence-electron chi connectivity index (χ2n) is 5.28. The number of aromatic nitrogens is 2. The highest BCUT2D eigenvalue weighted by molar-refractivity contribution is 5.42. The summed E-state index contributed by atoms with van der Waals surface area (Å²) in [6.45, 7) is 6.06. The summed E-state index contributed by atoms with van der Waals surface area (Å²) >= 11 is 0. The van der Waals surface area contributed by atoms with Gasteiger partial charge in [-0.1, -0.05) is 0 Å². The van der Waals surface area contributed by atoms with Crippen LogP contribution in [0.15, 0.2) is 12.4 Å². The number of anilines is 1. The van der Waals surface area contributed by atoms with E-state index in [0.717, 1.165) is 18.9 Å². The van der Waals surface area contributed by atoms with E-state index in [1.807, 2.05) is 27.0 Å². The summed E-state index contributed by atoms with van der Waals surface area (Å²) in [4.78, 5) is 10.9. The molecule has 0 aromatic carbocycles. The van der Waals surface area contributed by atoms with E-state index < -0.39 is 0 Å². The highest BCUT2D eigenvalue weighted by Gasteiger charge is 2.23. The molecule has 1 saturated heterocycles. The predicted molar refractivity (Wildman–Crippen MR) is 76.7 cm³/mol. The lowest BCUT2D eigenvalue weighted by molar-refractivity contribution is 0.232. The Bertz CT molecular complexity index is 395. The number of hydrogen-bond acceptors (Lipinski definition) is 5. The third kappa shape index (κ3) is 3.80. The second kappa shape index (κ2) is 6.70. The molecule has 106 valence electrons. The number of nitrogens with one attached hydrogen (secondary N) is 1. The Labute approximate surface area is 115 Å². The first-order valence-electron chi connectivity index (χ1n) is 7.10. The van der Waals surface area contributed by atoms with Crippen molar-refractivity contribution in [1.29, 1.82) is 0 Å². The molecule has 5 heteroatoms. The van der Waals surface area contributed by atoms with Gasteiger partial charge in [0, 0.05) is 25.2 Å². The van der Waals surface area contributed by atoms with Gasteiger partial charge < -0.3 is 15.0 Å². The molecule has 1 aromatic rings. The van der Waals surface area contributed by atoms with E-state index in [-0.39, 0.29) is 6.10 Å². The van der Waals surface area contributed by atoms with E-state index in [1.165, 1.54) is 19.3 Å². The molecule has 0 saturated carbocycles. The lowest BCUT2D eigenvalue weighted by Crippen LogP contribution is -2.45. The Hall–Kier alpha value is -1.36. The van der Waals surface area contributed by atoms with E-state index in [2.05, 4.69) is 20.2 Å². The average Bonchev–Trinajstić information content (AvgIpc) is 2.39. The number of nitrogens with zero attached hydrogens (tertiary/aromatic N) is 3. The fraction of sp³-hybridized carbons (Fsp3) is 0.714. The summed E-state index contributed by atoms with van der Waals surface area (Å²) < 4.78 is 5.65. The van der Waals surface area contributed by atoms with Crippen molar-refractivity contribution in [3.63, 3.8) is 0 Å². The van der Waals surface area contributed by atoms with Gasteiger partial charge in [0.1, 0.15) is 12.1 Å². The molecule has 0 spiro atoms. The molecule has 0 radical (unpaired) electrons. The first kappa shape index (κ1) is 14.1. The minimum atomic E-state index is 0.136. The van der Waals surface area contributed by atoms with Gasteiger partial charge in [0.15, 0.2) is 0 Å². The summed E-state index contributed by atoms with van der Waals surface area (Å²) in [5, 5.41) is 3.27. The lowest BCUT2D eigenvalue weighted by Gasteiger charge is -2.36. The van der Waals surface area contributed by atoms with Crippen LogP contribution in [0.4, 0.5) is 5.82 Å². The molecule has 0 bridgehead atoms. The van der Waals surface area contributed by atoms with Crippen LogP contribution in [0.2, 0.25) is 0 Å². The van der Waals surface area contributed by atoms with Crippen LogP contribution >= 0.6 is 0 Å². The van der Waals surface area contributed by atoms with Gasteiger partial charge in [-0.15, -0.1) is 0 Å². The molecular formula is C14H24N4O. The Morgan fingerprint density at radius 2 is 2.26 bits per heavy atom. The Morgan fingerprint density at radius 3 is 3.00 bits per heavy atom. The molecule has 0 aliphatic carbocycles. The van der Waals surface area contributed by atoms with Gasteiger partial charge in [-0.25, -0.2) is 9.97 Å². The van der Waals surface area contributed by atoms with E-state index >= 15 is 0 Å². The van der Waals surface area contributed by atoms with E-state index in [9.17, 15) is 0 Å². The maximum Gasteiger partial charge on any atom is 0.218 e. The maximum absolute atomic E-state index is 5.65. The van der Waals surface area contributed by atoms with Crippen LogP contribution in [0, 0.1) is 0 Å². The zero-order valence-corrected chi connectivity index (χ0v) is 12.1. The van der Waals surface area contributed by atoms with Crippen LogP contribution in [0.25, 0.3) is 0 Å². The third-order valence-electron chi connectivity index (χ3n) is 3.35. The van der Waals surface area contributed by atoms with Crippen molar-refractivity contribution in [2.45, 2.75) is 45.3 Å². The smallest absolute Gasteiger partial charge is 0.218 e. The van der Waals surface area contributed by atoms with Crippen molar-refractivity contribution in [1.82, 2.24) is 15.3 Å². The zero-order valence-electron chi connectivity index (χ0n) is 12.1. The largest absolute Gasteiger partial charge is 0.475 e. The number of rotatable bonds is 5. The summed E-state index contributed by atoms with van der Waals surface area (Å²) in [5.41, 5.74) is 0. The highest BCUT2D eigenvalue weighted by Crippen LogP contribution is 2.24. The molecule has 19 heavy (non-hydrogen) atoms. The number of ether oxygens (including phenoxy) is 1. The first-order chi connectivity index (χ1) is 9.20. The molecular weight excluding hydrogens is 240 g/mol. The van der Waals surface area contributed by atoms with E-state index in [0.29, 0.717) is 11.9 Å². The summed E-state index contributed by atoms with van der Waals surface area (Å²) in [6, 6.07) is 2.47. The van der Waals surface area contributed by atoms with Gasteiger partial charge in [0.2, 0.25) is 5.88 Å². The van der Waals surface area contributed by atoms with Crippen molar-refractivity contribution in [3.8, 4) is 5.88 Å². The van der Waals surface area contributed by atoms with Crippen LogP contribution in [0.3, 0.4) is 0 Å². The number of likely N-dealkylation sites (N-methyl/N-ethyl adjacent to an activating group) is 1. The van der Waals surface area contributed by atoms with Gasteiger partial charge in [0.25, 0.3) is 0 Å². The molecule has 5 nitrogen and oxygen atoms in total. The fourth-order valence-corrected chi connectivity index (χ4v) is 2.54. The third-order valence-corrected chi connectivity index (χ3v) is 3.35. The van der Waals surface area contributed by atoms with Crippen molar-refractivity contribution in [2.75, 3.05) is 25.0 Å². The maximum atomic E-state index is 5.65. The Morgan fingerprint density at radius 1 is 1.42 bits per heavy atom. The topological polar surface area (TPSA) is 50.3 Å². The molecule has 0 amide bonds. The second-order valence-corrected chi connectivity index (χ2v) is 5.28. The summed E-state index contributed by atoms with van der Waals surface area (Å²) in [6.07, 6.45) is 5.47. The predicted octanol–water partition coefficient (Wildman–Crippen LogP) is 1.84. The Balaban J connectivity index is 2.14. The standard InChI is InChI=1S/C14H24N4O/c1-11(2)19-14-8-13(16-10-17-14)18-7-5-4-6-12(18)9-15-3/h8,10-12,15H,4-7,9H2,1-3H3. The van der Waals surface area contributed by atoms with Gasteiger partial charge in [0.05, 0.1) is 6.10 Å². The minimum Gasteiger partial charge on any atom is -0.475 e. The van der Waals surface area contributed by atoms with Gasteiger partial charge >= 0.3 is 0 Å². The van der Waals surface area contributed by atoms with Crippen molar-refractivity contribution < 1.29 is 4.74 Å². The van der Waals surface area contributed by atoms with Crippen molar-refractivity contribution >= 4 is 5.82 Å². The highest BCUT2D eigenvalue weighted by atomic mass is 16.5. The van der Waals surface area contributed by atoms with Gasteiger partial charge in [-0.3, -0.25) is 0 Å². The fourth-order valence-electron chi connectivity index (χ4n) is 2.54. The van der Waals surface area contributed by atoms with Crippen LogP contribution in [-0.4, -0.2) is 42.3 Å². The van der Waals surface area contributed by atoms with Crippen LogP contribution in [0.1, 0.15) is 33.1 Å². The Kier molecular flexibility index (Phi) is 4.96. The molecule has 1 aliphatic rings. The lowest BCUT2D eigenvalue weighted by atomic mass is 10.0. The van der Waals surface area contributed by atoms with Crippen LogP contribution in [-0.2, 0) is 0 Å². The normalized spacial score (nSPS) is 19.8. The van der Waals surface area contributed by atoms with Crippen LogP contribution < -0.4 is 15.0 Å². The van der Waals surface area contributed by atoms with Crippen molar-refractivity contribution in [2.24, 2.45) is 0 Å². The molecule has 1 aliphatic heterocycles. The number of piperidine rings is 1. The summed E-state index contributed by atoms with van der Waals surface area (Å²) in [7, 11) is 2.00. The van der Waals surface area contributed by atoms with E-state index in [4.69, 9.17) is 4.74 Å². The van der Waals surface area contributed by atoms with Crippen molar-refractivity contribution in [3.05, 3.63) is 12.4 Å². The molecule has 1 aromatic heterocycles. The first-order valence-corrected chi connectivity index (χ1v) is 7.10. The number of hydrogen-bond donors (Lipinski definition) is 1. The quantitative estimate of drug-likeness (QED) is 0.879. The van der Waals surface area contributed by atoms with Gasteiger partial charge in [-0.05, 0) is 40.2 Å².